The zero-order valence-corrected chi connectivity index (χ0v) is 10.1. The molecule has 1 aromatic carbocycles. The Kier molecular flexibility index (Phi) is 2.64. The molecule has 1 saturated heterocycles. The lowest BCUT2D eigenvalue weighted by Gasteiger charge is -2.18. The molecule has 0 bridgehead atoms. The van der Waals surface area contributed by atoms with Crippen molar-refractivity contribution in [1.29, 1.82) is 0 Å². The molecule has 2 aliphatic rings. The Morgan fingerprint density at radius 3 is 2.72 bits per heavy atom. The summed E-state index contributed by atoms with van der Waals surface area (Å²) in [6, 6.07) is 5.41. The highest BCUT2D eigenvalue weighted by Gasteiger charge is 2.23. The Hall–Kier alpha value is -2.08. The van der Waals surface area contributed by atoms with Crippen molar-refractivity contribution in [3.8, 4) is 11.5 Å². The van der Waals surface area contributed by atoms with E-state index in [1.165, 1.54) is 0 Å². The van der Waals surface area contributed by atoms with Gasteiger partial charge < -0.3 is 14.2 Å². The average molecular weight is 263 g/mol. The number of carbonyl (C=O) groups is 1. The van der Waals surface area contributed by atoms with Crippen LogP contribution < -0.4 is 14.8 Å². The van der Waals surface area contributed by atoms with E-state index >= 15 is 0 Å². The van der Waals surface area contributed by atoms with Gasteiger partial charge in [-0.2, -0.15) is 0 Å². The van der Waals surface area contributed by atoms with Crippen LogP contribution in [0.3, 0.4) is 0 Å². The second-order valence-electron chi connectivity index (χ2n) is 3.76. The zero-order valence-electron chi connectivity index (χ0n) is 9.26. The molecule has 1 amide bonds. The summed E-state index contributed by atoms with van der Waals surface area (Å²) in [4.78, 5) is 11.4. The third-order valence-corrected chi connectivity index (χ3v) is 2.69. The first-order valence-electron chi connectivity index (χ1n) is 5.37. The number of hydrogen-bond donors (Lipinski definition) is 1. The van der Waals surface area contributed by atoms with Gasteiger partial charge in [-0.05, 0) is 36.0 Å². The first-order chi connectivity index (χ1) is 8.72. The van der Waals surface area contributed by atoms with Crippen molar-refractivity contribution in [2.75, 3.05) is 13.2 Å². The molecule has 1 fully saturated rings. The van der Waals surface area contributed by atoms with Gasteiger partial charge in [0.1, 0.15) is 13.2 Å². The minimum Gasteiger partial charge on any atom is -0.486 e. The van der Waals surface area contributed by atoms with Crippen molar-refractivity contribution >= 4 is 29.4 Å². The van der Waals surface area contributed by atoms with E-state index in [2.05, 4.69) is 5.32 Å². The standard InChI is InChI=1S/C12H9NO4S/c14-11-10(17-12(18)13-11)6-7-1-2-8-9(5-7)16-4-3-15-8/h1-2,5-6H,3-4H2,(H,13,14,18). The van der Waals surface area contributed by atoms with Gasteiger partial charge in [0.25, 0.3) is 11.1 Å². The van der Waals surface area contributed by atoms with Crippen LogP contribution in [0.2, 0.25) is 0 Å². The highest BCUT2D eigenvalue weighted by atomic mass is 32.1. The van der Waals surface area contributed by atoms with Gasteiger partial charge in [-0.25, -0.2) is 0 Å². The first-order valence-corrected chi connectivity index (χ1v) is 5.78. The molecule has 3 rings (SSSR count). The van der Waals surface area contributed by atoms with Crippen LogP contribution in [0.1, 0.15) is 5.56 Å². The van der Waals surface area contributed by atoms with Crippen LogP contribution >= 0.6 is 12.2 Å². The van der Waals surface area contributed by atoms with Gasteiger partial charge in [-0.15, -0.1) is 0 Å². The number of fused-ring (bicyclic) bond motifs is 1. The lowest BCUT2D eigenvalue weighted by molar-refractivity contribution is -0.116. The normalized spacial score (nSPS) is 19.7. The van der Waals surface area contributed by atoms with E-state index in [1.807, 2.05) is 6.07 Å². The van der Waals surface area contributed by atoms with E-state index in [0.717, 1.165) is 5.56 Å². The van der Waals surface area contributed by atoms with E-state index < -0.39 is 0 Å². The van der Waals surface area contributed by atoms with Crippen molar-refractivity contribution in [2.24, 2.45) is 0 Å². The summed E-state index contributed by atoms with van der Waals surface area (Å²) in [7, 11) is 0. The Labute approximate surface area is 108 Å². The van der Waals surface area contributed by atoms with Crippen molar-refractivity contribution in [3.05, 3.63) is 29.5 Å². The third kappa shape index (κ3) is 2.02. The monoisotopic (exact) mass is 263 g/mol. The van der Waals surface area contributed by atoms with Crippen LogP contribution in [0.5, 0.6) is 11.5 Å². The number of nitrogens with one attached hydrogen (secondary N) is 1. The number of thiocarbonyl (C=S) groups is 1. The van der Waals surface area contributed by atoms with Crippen LogP contribution in [-0.4, -0.2) is 24.3 Å². The molecule has 92 valence electrons. The van der Waals surface area contributed by atoms with Gasteiger partial charge in [0, 0.05) is 0 Å². The molecule has 0 aromatic heterocycles. The molecular formula is C12H9NO4S. The lowest BCUT2D eigenvalue weighted by Crippen LogP contribution is -2.18. The van der Waals surface area contributed by atoms with Crippen LogP contribution in [0.25, 0.3) is 6.08 Å². The molecule has 0 spiro atoms. The van der Waals surface area contributed by atoms with Gasteiger partial charge in [0.2, 0.25) is 0 Å². The van der Waals surface area contributed by atoms with E-state index in [-0.39, 0.29) is 16.8 Å². The number of hydrogen-bond acceptors (Lipinski definition) is 5. The molecule has 6 heteroatoms. The Morgan fingerprint density at radius 2 is 2.00 bits per heavy atom. The molecule has 18 heavy (non-hydrogen) atoms. The summed E-state index contributed by atoms with van der Waals surface area (Å²) in [5, 5.41) is 2.47. The topological polar surface area (TPSA) is 56.8 Å². The first kappa shape index (κ1) is 11.0. The maximum absolute atomic E-state index is 11.4. The van der Waals surface area contributed by atoms with Crippen LogP contribution in [0, 0.1) is 0 Å². The number of rotatable bonds is 1. The molecule has 0 saturated carbocycles. The van der Waals surface area contributed by atoms with E-state index in [9.17, 15) is 4.79 Å². The Bertz CT molecular complexity index is 567. The number of amides is 1. The van der Waals surface area contributed by atoms with E-state index in [0.29, 0.717) is 24.7 Å². The second-order valence-corrected chi connectivity index (χ2v) is 4.13. The summed E-state index contributed by atoms with van der Waals surface area (Å²) in [6.45, 7) is 1.07. The minimum absolute atomic E-state index is 0.0730. The van der Waals surface area contributed by atoms with Crippen LogP contribution in [0.4, 0.5) is 0 Å². The van der Waals surface area contributed by atoms with Crippen LogP contribution in [-0.2, 0) is 9.53 Å². The summed E-state index contributed by atoms with van der Waals surface area (Å²) in [5.74, 6) is 1.21. The SMILES string of the molecule is O=C1NC(=S)OC1=Cc1ccc2c(c1)OCCO2. The zero-order chi connectivity index (χ0) is 12.5. The van der Waals surface area contributed by atoms with E-state index in [4.69, 9.17) is 26.4 Å². The summed E-state index contributed by atoms with van der Waals surface area (Å²) >= 11 is 4.75. The molecule has 5 nitrogen and oxygen atoms in total. The number of carbonyl (C=O) groups excluding carboxylic acids is 1. The van der Waals surface area contributed by atoms with Crippen molar-refractivity contribution in [2.45, 2.75) is 0 Å². The Morgan fingerprint density at radius 1 is 1.22 bits per heavy atom. The molecule has 2 heterocycles. The number of benzene rings is 1. The Balaban J connectivity index is 1.91. The summed E-state index contributed by atoms with van der Waals surface area (Å²) in [5.41, 5.74) is 0.786. The molecule has 1 N–H and O–H groups in total. The summed E-state index contributed by atoms with van der Waals surface area (Å²) in [6.07, 6.45) is 1.60. The maximum atomic E-state index is 11.4. The van der Waals surface area contributed by atoms with Crippen molar-refractivity contribution in [1.82, 2.24) is 5.32 Å². The molecule has 0 unspecified atom stereocenters. The fourth-order valence-corrected chi connectivity index (χ4v) is 1.90. The summed E-state index contributed by atoms with van der Waals surface area (Å²) < 4.78 is 15.9. The molecule has 2 aliphatic heterocycles. The van der Waals surface area contributed by atoms with Crippen molar-refractivity contribution < 1.29 is 19.0 Å². The maximum Gasteiger partial charge on any atom is 0.294 e. The smallest absolute Gasteiger partial charge is 0.294 e. The average Bonchev–Trinajstić information content (AvgIpc) is 2.68. The molecule has 0 radical (unpaired) electrons. The minimum atomic E-state index is -0.338. The second kappa shape index (κ2) is 4.30. The van der Waals surface area contributed by atoms with Gasteiger partial charge >= 0.3 is 0 Å². The molecule has 1 aromatic rings. The lowest BCUT2D eigenvalue weighted by atomic mass is 10.1. The molecular weight excluding hydrogens is 254 g/mol. The third-order valence-electron chi connectivity index (χ3n) is 2.51. The van der Waals surface area contributed by atoms with Gasteiger partial charge in [0.15, 0.2) is 17.3 Å². The highest BCUT2D eigenvalue weighted by Crippen LogP contribution is 2.31. The molecule has 0 atom stereocenters. The quantitative estimate of drug-likeness (QED) is 0.610. The van der Waals surface area contributed by atoms with Crippen molar-refractivity contribution in [3.63, 3.8) is 0 Å². The predicted molar refractivity (Wildman–Crippen MR) is 67.2 cm³/mol. The van der Waals surface area contributed by atoms with Gasteiger partial charge in [-0.3, -0.25) is 10.1 Å². The van der Waals surface area contributed by atoms with Gasteiger partial charge in [-0.1, -0.05) is 6.07 Å². The fraction of sp³-hybridized carbons (Fsp3) is 0.167. The largest absolute Gasteiger partial charge is 0.486 e. The van der Waals surface area contributed by atoms with E-state index in [1.54, 1.807) is 18.2 Å². The fourth-order valence-electron chi connectivity index (χ4n) is 1.72. The highest BCUT2D eigenvalue weighted by molar-refractivity contribution is 7.80. The predicted octanol–water partition coefficient (Wildman–Crippen LogP) is 1.23. The van der Waals surface area contributed by atoms with Gasteiger partial charge in [0.05, 0.1) is 0 Å². The van der Waals surface area contributed by atoms with Crippen LogP contribution in [0.15, 0.2) is 24.0 Å². The molecule has 0 aliphatic carbocycles. The number of ether oxygens (including phenoxy) is 3.